The van der Waals surface area contributed by atoms with Crippen LogP contribution < -0.4 is 11.3 Å². The minimum Gasteiger partial charge on any atom is -0.464 e. The van der Waals surface area contributed by atoms with Gasteiger partial charge in [0.2, 0.25) is 0 Å². The smallest absolute Gasteiger partial charge is 0.128 e. The van der Waals surface area contributed by atoms with E-state index in [1.807, 2.05) is 23.7 Å². The van der Waals surface area contributed by atoms with E-state index >= 15 is 0 Å². The van der Waals surface area contributed by atoms with Gasteiger partial charge in [0.05, 0.1) is 16.4 Å². The number of nitrogens with one attached hydrogen (secondary N) is 1. The van der Waals surface area contributed by atoms with E-state index in [1.165, 1.54) is 0 Å². The largest absolute Gasteiger partial charge is 0.464 e. The van der Waals surface area contributed by atoms with Crippen LogP contribution in [0, 0.1) is 6.92 Å². The summed E-state index contributed by atoms with van der Waals surface area (Å²) in [7, 11) is 0. The van der Waals surface area contributed by atoms with E-state index in [2.05, 4.69) is 33.4 Å². The molecule has 18 heavy (non-hydrogen) atoms. The third kappa shape index (κ3) is 2.50. The van der Waals surface area contributed by atoms with Crippen LogP contribution in [0.3, 0.4) is 0 Å². The normalized spacial score (nSPS) is 12.9. The first-order valence-corrected chi connectivity index (χ1v) is 6.70. The number of hydrogen-bond acceptors (Lipinski definition) is 4. The van der Waals surface area contributed by atoms with Crippen LogP contribution in [-0.4, -0.2) is 9.78 Å². The SMILES string of the molecule is CCCn1ncc(Br)c1C(NN)c1ccc(C)o1. The van der Waals surface area contributed by atoms with E-state index in [1.54, 1.807) is 6.20 Å². The highest BCUT2D eigenvalue weighted by Crippen LogP contribution is 2.29. The molecule has 0 amide bonds. The second-order valence-corrected chi connectivity index (χ2v) is 5.00. The Bertz CT molecular complexity index is 520. The van der Waals surface area contributed by atoms with Crippen LogP contribution in [0.15, 0.2) is 27.2 Å². The van der Waals surface area contributed by atoms with E-state index in [0.29, 0.717) is 0 Å². The lowest BCUT2D eigenvalue weighted by molar-refractivity contribution is 0.415. The van der Waals surface area contributed by atoms with Crippen molar-refractivity contribution in [2.24, 2.45) is 5.84 Å². The highest BCUT2D eigenvalue weighted by Gasteiger charge is 2.23. The van der Waals surface area contributed by atoms with Gasteiger partial charge < -0.3 is 4.42 Å². The van der Waals surface area contributed by atoms with Gasteiger partial charge >= 0.3 is 0 Å². The molecule has 6 heteroatoms. The molecule has 0 aliphatic heterocycles. The molecule has 5 nitrogen and oxygen atoms in total. The summed E-state index contributed by atoms with van der Waals surface area (Å²) < 4.78 is 8.51. The topological polar surface area (TPSA) is 69.0 Å². The Kier molecular flexibility index (Phi) is 4.21. The number of rotatable bonds is 5. The van der Waals surface area contributed by atoms with Crippen molar-refractivity contribution >= 4 is 15.9 Å². The van der Waals surface area contributed by atoms with E-state index < -0.39 is 0 Å². The Morgan fingerprint density at radius 3 is 2.89 bits per heavy atom. The predicted octanol–water partition coefficient (Wildman–Crippen LogP) is 2.51. The molecule has 0 aliphatic carbocycles. The Hall–Kier alpha value is -1.11. The van der Waals surface area contributed by atoms with E-state index in [4.69, 9.17) is 10.3 Å². The number of halogens is 1. The van der Waals surface area contributed by atoms with Crippen LogP contribution in [-0.2, 0) is 6.54 Å². The Morgan fingerprint density at radius 1 is 1.56 bits per heavy atom. The van der Waals surface area contributed by atoms with Crippen LogP contribution >= 0.6 is 15.9 Å². The molecule has 0 fully saturated rings. The molecule has 0 radical (unpaired) electrons. The first-order valence-electron chi connectivity index (χ1n) is 5.91. The van der Waals surface area contributed by atoms with Crippen molar-refractivity contribution in [2.45, 2.75) is 32.9 Å². The minimum atomic E-state index is -0.206. The highest BCUT2D eigenvalue weighted by atomic mass is 79.9. The number of furan rings is 1. The number of hydrogen-bond donors (Lipinski definition) is 2. The number of hydrazine groups is 1. The zero-order valence-corrected chi connectivity index (χ0v) is 12.1. The average molecular weight is 313 g/mol. The maximum Gasteiger partial charge on any atom is 0.128 e. The van der Waals surface area contributed by atoms with Crippen LogP contribution in [0.1, 0.15) is 36.6 Å². The van der Waals surface area contributed by atoms with Gasteiger partial charge in [-0.2, -0.15) is 5.10 Å². The molecule has 3 N–H and O–H groups in total. The molecule has 1 atom stereocenters. The first-order chi connectivity index (χ1) is 8.67. The van der Waals surface area contributed by atoms with Crippen LogP contribution in [0.2, 0.25) is 0 Å². The van der Waals surface area contributed by atoms with Crippen molar-refractivity contribution in [1.82, 2.24) is 15.2 Å². The lowest BCUT2D eigenvalue weighted by Gasteiger charge is -2.16. The molecule has 2 rings (SSSR count). The summed E-state index contributed by atoms with van der Waals surface area (Å²) in [6.45, 7) is 4.87. The standard InChI is InChI=1S/C12H17BrN4O/c1-3-6-17-12(9(13)7-15-17)11(16-14)10-5-4-8(2)18-10/h4-5,7,11,16H,3,6,14H2,1-2H3. The van der Waals surface area contributed by atoms with Crippen LogP contribution in [0.5, 0.6) is 0 Å². The Balaban J connectivity index is 2.41. The molecule has 0 aliphatic rings. The van der Waals surface area contributed by atoms with Crippen molar-refractivity contribution in [1.29, 1.82) is 0 Å². The van der Waals surface area contributed by atoms with Crippen molar-refractivity contribution < 1.29 is 4.42 Å². The lowest BCUT2D eigenvalue weighted by Crippen LogP contribution is -2.30. The molecule has 2 heterocycles. The summed E-state index contributed by atoms with van der Waals surface area (Å²) in [6, 6.07) is 3.64. The van der Waals surface area contributed by atoms with Gasteiger partial charge in [-0.05, 0) is 41.4 Å². The molecule has 0 saturated heterocycles. The van der Waals surface area contributed by atoms with Crippen LogP contribution in [0.25, 0.3) is 0 Å². The fourth-order valence-electron chi connectivity index (χ4n) is 1.95. The van der Waals surface area contributed by atoms with Crippen molar-refractivity contribution in [3.05, 3.63) is 40.0 Å². The average Bonchev–Trinajstić information content (AvgIpc) is 2.91. The minimum absolute atomic E-state index is 0.206. The van der Waals surface area contributed by atoms with Crippen molar-refractivity contribution in [3.63, 3.8) is 0 Å². The molecule has 0 bridgehead atoms. The summed E-state index contributed by atoms with van der Waals surface area (Å²) >= 11 is 3.51. The molecular weight excluding hydrogens is 296 g/mol. The van der Waals surface area contributed by atoms with Gasteiger partial charge in [-0.15, -0.1) is 0 Å². The van der Waals surface area contributed by atoms with Gasteiger partial charge in [-0.3, -0.25) is 10.5 Å². The van der Waals surface area contributed by atoms with Gasteiger partial charge in [0.15, 0.2) is 0 Å². The van der Waals surface area contributed by atoms with Gasteiger partial charge in [-0.25, -0.2) is 5.43 Å². The molecule has 98 valence electrons. The van der Waals surface area contributed by atoms with Gasteiger partial charge in [0.1, 0.15) is 17.6 Å². The monoisotopic (exact) mass is 312 g/mol. The molecule has 2 aromatic heterocycles. The van der Waals surface area contributed by atoms with Crippen molar-refractivity contribution in [3.8, 4) is 0 Å². The second kappa shape index (κ2) is 5.69. The van der Waals surface area contributed by atoms with E-state index in [0.717, 1.165) is 34.7 Å². The van der Waals surface area contributed by atoms with E-state index in [9.17, 15) is 0 Å². The highest BCUT2D eigenvalue weighted by molar-refractivity contribution is 9.10. The maximum absolute atomic E-state index is 5.67. The number of aryl methyl sites for hydroxylation is 2. The Morgan fingerprint density at radius 2 is 2.33 bits per heavy atom. The lowest BCUT2D eigenvalue weighted by atomic mass is 10.1. The van der Waals surface area contributed by atoms with Crippen LogP contribution in [0.4, 0.5) is 0 Å². The first kappa shape index (κ1) is 13.3. The summed E-state index contributed by atoms with van der Waals surface area (Å²) in [5.74, 6) is 7.32. The molecule has 0 saturated carbocycles. The van der Waals surface area contributed by atoms with E-state index in [-0.39, 0.29) is 6.04 Å². The van der Waals surface area contributed by atoms with Gasteiger partial charge in [-0.1, -0.05) is 6.92 Å². The molecule has 0 aromatic carbocycles. The van der Waals surface area contributed by atoms with Crippen molar-refractivity contribution in [2.75, 3.05) is 0 Å². The molecule has 2 aromatic rings. The molecule has 1 unspecified atom stereocenters. The molecular formula is C12H17BrN4O. The number of nitrogens with zero attached hydrogens (tertiary/aromatic N) is 2. The second-order valence-electron chi connectivity index (χ2n) is 4.15. The number of nitrogens with two attached hydrogens (primary N) is 1. The number of aromatic nitrogens is 2. The summed E-state index contributed by atoms with van der Waals surface area (Å²) in [5, 5.41) is 4.34. The summed E-state index contributed by atoms with van der Waals surface area (Å²) in [5.41, 5.74) is 3.77. The fourth-order valence-corrected chi connectivity index (χ4v) is 2.48. The third-order valence-electron chi connectivity index (χ3n) is 2.75. The molecule has 0 spiro atoms. The summed E-state index contributed by atoms with van der Waals surface area (Å²) in [6.07, 6.45) is 2.79. The maximum atomic E-state index is 5.67. The fraction of sp³-hybridized carbons (Fsp3) is 0.417. The third-order valence-corrected chi connectivity index (χ3v) is 3.37. The van der Waals surface area contributed by atoms with Gasteiger partial charge in [0.25, 0.3) is 0 Å². The Labute approximate surface area is 114 Å². The van der Waals surface area contributed by atoms with Gasteiger partial charge in [0, 0.05) is 6.54 Å². The summed E-state index contributed by atoms with van der Waals surface area (Å²) in [4.78, 5) is 0. The predicted molar refractivity (Wildman–Crippen MR) is 72.8 cm³/mol. The zero-order valence-electron chi connectivity index (χ0n) is 10.5. The quantitative estimate of drug-likeness (QED) is 0.657. The zero-order chi connectivity index (χ0) is 13.1.